The topological polar surface area (TPSA) is 73.4 Å². The number of rotatable bonds is 5. The molecule has 3 rings (SSSR count). The molecule has 0 radical (unpaired) electrons. The van der Waals surface area contributed by atoms with Crippen LogP contribution < -0.4 is 9.64 Å². The van der Waals surface area contributed by atoms with Gasteiger partial charge in [-0.05, 0) is 25.0 Å². The monoisotopic (exact) mass is 410 g/mol. The first-order chi connectivity index (χ1) is 13.3. The van der Waals surface area contributed by atoms with Crippen LogP contribution in [-0.4, -0.2) is 88.3 Å². The standard InChI is InChI=1S/C19H30N4O4S/c1-20(2)28(25,26)23-10-6-7-16(15-23)19(24)22-13-11-21(12-14-22)17-8-4-5-9-18(17)27-3/h4-5,8-9,16H,6-7,10-15H2,1-3H3/t16-/m1/s1. The molecule has 0 unspecified atom stereocenters. The van der Waals surface area contributed by atoms with Crippen molar-refractivity contribution >= 4 is 21.8 Å². The number of amides is 1. The van der Waals surface area contributed by atoms with Crippen LogP contribution >= 0.6 is 0 Å². The third kappa shape index (κ3) is 4.26. The molecular formula is C19H30N4O4S. The summed E-state index contributed by atoms with van der Waals surface area (Å²) in [5.41, 5.74) is 1.04. The van der Waals surface area contributed by atoms with E-state index in [-0.39, 0.29) is 18.4 Å². The van der Waals surface area contributed by atoms with Gasteiger partial charge in [-0.2, -0.15) is 17.0 Å². The molecule has 0 bridgehead atoms. The van der Waals surface area contributed by atoms with Crippen LogP contribution in [0.4, 0.5) is 5.69 Å². The van der Waals surface area contributed by atoms with Crippen molar-refractivity contribution < 1.29 is 17.9 Å². The molecule has 2 heterocycles. The maximum atomic E-state index is 13.0. The number of anilines is 1. The van der Waals surface area contributed by atoms with Crippen LogP contribution in [-0.2, 0) is 15.0 Å². The molecule has 0 N–H and O–H groups in total. The summed E-state index contributed by atoms with van der Waals surface area (Å²) in [6, 6.07) is 7.89. The normalized spacial score (nSPS) is 21.8. The van der Waals surface area contributed by atoms with E-state index in [0.29, 0.717) is 26.1 Å². The number of ether oxygens (including phenoxy) is 1. The lowest BCUT2D eigenvalue weighted by atomic mass is 9.97. The fraction of sp³-hybridized carbons (Fsp3) is 0.632. The van der Waals surface area contributed by atoms with E-state index in [1.165, 1.54) is 22.7 Å². The zero-order valence-corrected chi connectivity index (χ0v) is 17.7. The van der Waals surface area contributed by atoms with Crippen molar-refractivity contribution in [1.82, 2.24) is 13.5 Å². The minimum Gasteiger partial charge on any atom is -0.495 e. The van der Waals surface area contributed by atoms with Gasteiger partial charge in [0.05, 0.1) is 18.7 Å². The van der Waals surface area contributed by atoms with Crippen LogP contribution in [0.2, 0.25) is 0 Å². The molecule has 0 spiro atoms. The third-order valence-corrected chi connectivity index (χ3v) is 7.45. The van der Waals surface area contributed by atoms with E-state index in [4.69, 9.17) is 4.74 Å². The van der Waals surface area contributed by atoms with E-state index in [1.807, 2.05) is 29.2 Å². The van der Waals surface area contributed by atoms with Gasteiger partial charge in [0.2, 0.25) is 5.91 Å². The largest absolute Gasteiger partial charge is 0.495 e. The highest BCUT2D eigenvalue weighted by atomic mass is 32.2. The Balaban J connectivity index is 1.61. The second-order valence-electron chi connectivity index (χ2n) is 7.47. The van der Waals surface area contributed by atoms with Gasteiger partial charge in [0.15, 0.2) is 0 Å². The fourth-order valence-corrected chi connectivity index (χ4v) is 5.09. The molecule has 1 amide bonds. The van der Waals surface area contributed by atoms with Gasteiger partial charge in [0.1, 0.15) is 5.75 Å². The Kier molecular flexibility index (Phi) is 6.47. The molecule has 2 saturated heterocycles. The smallest absolute Gasteiger partial charge is 0.281 e. The zero-order chi connectivity index (χ0) is 20.3. The van der Waals surface area contributed by atoms with Crippen LogP contribution in [0, 0.1) is 5.92 Å². The number of methoxy groups -OCH3 is 1. The van der Waals surface area contributed by atoms with Crippen LogP contribution in [0.5, 0.6) is 5.75 Å². The summed E-state index contributed by atoms with van der Waals surface area (Å²) >= 11 is 0. The number of carbonyl (C=O) groups excluding carboxylic acids is 1. The summed E-state index contributed by atoms with van der Waals surface area (Å²) in [6.45, 7) is 3.48. The Morgan fingerprint density at radius 3 is 2.43 bits per heavy atom. The van der Waals surface area contributed by atoms with Crippen molar-refractivity contribution in [2.45, 2.75) is 12.8 Å². The average molecular weight is 411 g/mol. The van der Waals surface area contributed by atoms with Crippen LogP contribution in [0.1, 0.15) is 12.8 Å². The van der Waals surface area contributed by atoms with Crippen LogP contribution in [0.3, 0.4) is 0 Å². The predicted molar refractivity (Wildman–Crippen MR) is 109 cm³/mol. The van der Waals surface area contributed by atoms with Gasteiger partial charge in [-0.25, -0.2) is 0 Å². The number of piperidine rings is 1. The molecule has 28 heavy (non-hydrogen) atoms. The number of nitrogens with zero attached hydrogens (tertiary/aromatic N) is 4. The molecule has 2 aliphatic rings. The van der Waals surface area contributed by atoms with Gasteiger partial charge >= 0.3 is 0 Å². The number of hydrogen-bond donors (Lipinski definition) is 0. The number of carbonyl (C=O) groups is 1. The summed E-state index contributed by atoms with van der Waals surface area (Å²) in [6.07, 6.45) is 1.45. The number of hydrogen-bond acceptors (Lipinski definition) is 5. The van der Waals surface area contributed by atoms with E-state index < -0.39 is 10.2 Å². The van der Waals surface area contributed by atoms with Crippen molar-refractivity contribution in [3.05, 3.63) is 24.3 Å². The quantitative estimate of drug-likeness (QED) is 0.720. The molecule has 1 aromatic rings. The Morgan fingerprint density at radius 2 is 1.79 bits per heavy atom. The van der Waals surface area contributed by atoms with E-state index in [9.17, 15) is 13.2 Å². The Bertz CT molecular complexity index is 791. The second-order valence-corrected chi connectivity index (χ2v) is 9.61. The van der Waals surface area contributed by atoms with Crippen LogP contribution in [0.15, 0.2) is 24.3 Å². The highest BCUT2D eigenvalue weighted by molar-refractivity contribution is 7.86. The van der Waals surface area contributed by atoms with E-state index >= 15 is 0 Å². The summed E-state index contributed by atoms with van der Waals surface area (Å²) < 4.78 is 32.9. The van der Waals surface area contributed by atoms with Crippen molar-refractivity contribution in [2.24, 2.45) is 5.92 Å². The number of benzene rings is 1. The molecular weight excluding hydrogens is 380 g/mol. The van der Waals surface area contributed by atoms with Crippen molar-refractivity contribution in [1.29, 1.82) is 0 Å². The van der Waals surface area contributed by atoms with Crippen molar-refractivity contribution in [3.8, 4) is 5.75 Å². The lowest BCUT2D eigenvalue weighted by Crippen LogP contribution is -2.54. The molecule has 9 heteroatoms. The first-order valence-electron chi connectivity index (χ1n) is 9.69. The molecule has 0 aliphatic carbocycles. The Hall–Kier alpha value is -1.84. The lowest BCUT2D eigenvalue weighted by Gasteiger charge is -2.40. The summed E-state index contributed by atoms with van der Waals surface area (Å²) in [7, 11) is 1.24. The minimum atomic E-state index is -3.48. The predicted octanol–water partition coefficient (Wildman–Crippen LogP) is 0.862. The summed E-state index contributed by atoms with van der Waals surface area (Å²) in [5.74, 6) is 0.638. The lowest BCUT2D eigenvalue weighted by molar-refractivity contribution is -0.137. The van der Waals surface area contributed by atoms with Gasteiger partial charge in [0.25, 0.3) is 10.2 Å². The fourth-order valence-electron chi connectivity index (χ4n) is 3.90. The highest BCUT2D eigenvalue weighted by Crippen LogP contribution is 2.29. The molecule has 0 aromatic heterocycles. The highest BCUT2D eigenvalue weighted by Gasteiger charge is 2.36. The third-order valence-electron chi connectivity index (χ3n) is 5.54. The first kappa shape index (κ1) is 20.9. The van der Waals surface area contributed by atoms with Crippen molar-refractivity contribution in [2.75, 3.05) is 65.4 Å². The van der Waals surface area contributed by atoms with Gasteiger partial charge < -0.3 is 14.5 Å². The van der Waals surface area contributed by atoms with E-state index in [0.717, 1.165) is 30.9 Å². The Labute approximate surface area is 167 Å². The van der Waals surface area contributed by atoms with E-state index in [2.05, 4.69) is 4.90 Å². The summed E-state index contributed by atoms with van der Waals surface area (Å²) in [5, 5.41) is 0. The van der Waals surface area contributed by atoms with Crippen molar-refractivity contribution in [3.63, 3.8) is 0 Å². The zero-order valence-electron chi connectivity index (χ0n) is 16.9. The van der Waals surface area contributed by atoms with Crippen LogP contribution in [0.25, 0.3) is 0 Å². The first-order valence-corrected chi connectivity index (χ1v) is 11.1. The average Bonchev–Trinajstić information content (AvgIpc) is 2.73. The minimum absolute atomic E-state index is 0.0679. The molecule has 8 nitrogen and oxygen atoms in total. The molecule has 2 fully saturated rings. The molecule has 1 aromatic carbocycles. The molecule has 1 atom stereocenters. The Morgan fingerprint density at radius 1 is 1.11 bits per heavy atom. The summed E-state index contributed by atoms with van der Waals surface area (Å²) in [4.78, 5) is 17.1. The van der Waals surface area contributed by atoms with Gasteiger partial charge in [-0.1, -0.05) is 12.1 Å². The van der Waals surface area contributed by atoms with Gasteiger partial charge in [0, 0.05) is 53.4 Å². The molecule has 0 saturated carbocycles. The second kappa shape index (κ2) is 8.67. The number of para-hydroxylation sites is 2. The molecule has 156 valence electrons. The maximum Gasteiger partial charge on any atom is 0.281 e. The molecule has 2 aliphatic heterocycles. The van der Waals surface area contributed by atoms with Gasteiger partial charge in [-0.15, -0.1) is 0 Å². The van der Waals surface area contributed by atoms with Gasteiger partial charge in [-0.3, -0.25) is 4.79 Å². The number of piperazine rings is 1. The SMILES string of the molecule is COc1ccccc1N1CCN(C(=O)[C@@H]2CCCN(S(=O)(=O)N(C)C)C2)CC1. The van der Waals surface area contributed by atoms with E-state index in [1.54, 1.807) is 7.11 Å². The maximum absolute atomic E-state index is 13.0.